The van der Waals surface area contributed by atoms with E-state index in [0.717, 1.165) is 25.8 Å². The number of piperidine rings is 1. The van der Waals surface area contributed by atoms with Crippen LogP contribution in [0.25, 0.3) is 0 Å². The number of rotatable bonds is 0. The minimum absolute atomic E-state index is 0.0713. The van der Waals surface area contributed by atoms with Crippen LogP contribution in [0.1, 0.15) is 19.3 Å². The monoisotopic (exact) mass is 222 g/mol. The van der Waals surface area contributed by atoms with Crippen LogP contribution in [0.15, 0.2) is 0 Å². The molecule has 1 aliphatic heterocycles. The van der Waals surface area contributed by atoms with E-state index in [0.29, 0.717) is 17.3 Å². The van der Waals surface area contributed by atoms with E-state index in [1.165, 1.54) is 0 Å². The Morgan fingerprint density at radius 3 is 2.62 bits per heavy atom. The fourth-order valence-electron chi connectivity index (χ4n) is 2.53. The topological polar surface area (TPSA) is 38.0 Å². The van der Waals surface area contributed by atoms with Crippen molar-refractivity contribution in [3.8, 4) is 0 Å². The second-order valence-electron chi connectivity index (χ2n) is 4.12. The standard InChI is InChI=1S/C9H16Cl2N2/c10-6-3-4-13-9-5(6)1-2-7(11)8(9)12/h5-9,13H,1-4,12H2. The maximum Gasteiger partial charge on any atom is 0.0502 e. The van der Waals surface area contributed by atoms with Gasteiger partial charge in [-0.1, -0.05) is 0 Å². The first-order valence-electron chi connectivity index (χ1n) is 4.97. The highest BCUT2D eigenvalue weighted by Crippen LogP contribution is 2.35. The molecule has 2 aliphatic rings. The van der Waals surface area contributed by atoms with Gasteiger partial charge in [-0.05, 0) is 31.7 Å². The van der Waals surface area contributed by atoms with E-state index >= 15 is 0 Å². The molecular weight excluding hydrogens is 207 g/mol. The lowest BCUT2D eigenvalue weighted by Crippen LogP contribution is -2.61. The molecule has 5 atom stereocenters. The summed E-state index contributed by atoms with van der Waals surface area (Å²) in [6.45, 7) is 0.979. The lowest BCUT2D eigenvalue weighted by molar-refractivity contribution is 0.195. The van der Waals surface area contributed by atoms with E-state index in [1.54, 1.807) is 0 Å². The van der Waals surface area contributed by atoms with Crippen LogP contribution in [0.2, 0.25) is 0 Å². The number of hydrogen-bond acceptors (Lipinski definition) is 2. The Balaban J connectivity index is 2.08. The number of halogens is 2. The summed E-state index contributed by atoms with van der Waals surface area (Å²) in [5.41, 5.74) is 6.04. The molecule has 0 aromatic heterocycles. The summed E-state index contributed by atoms with van der Waals surface area (Å²) in [6, 6.07) is 0.412. The van der Waals surface area contributed by atoms with Gasteiger partial charge < -0.3 is 11.1 Å². The average molecular weight is 223 g/mol. The number of nitrogens with two attached hydrogens (primary N) is 1. The molecule has 3 N–H and O–H groups in total. The molecule has 0 aromatic carbocycles. The third-order valence-corrected chi connectivity index (χ3v) is 4.39. The molecule has 5 unspecified atom stereocenters. The van der Waals surface area contributed by atoms with Gasteiger partial charge in [-0.3, -0.25) is 0 Å². The van der Waals surface area contributed by atoms with E-state index in [9.17, 15) is 0 Å². The lowest BCUT2D eigenvalue weighted by atomic mass is 9.76. The van der Waals surface area contributed by atoms with Gasteiger partial charge in [-0.25, -0.2) is 0 Å². The van der Waals surface area contributed by atoms with Crippen molar-refractivity contribution in [1.82, 2.24) is 5.32 Å². The Labute approximate surface area is 89.1 Å². The second kappa shape index (κ2) is 3.93. The second-order valence-corrected chi connectivity index (χ2v) is 5.24. The quantitative estimate of drug-likeness (QED) is 0.607. The summed E-state index contributed by atoms with van der Waals surface area (Å²) < 4.78 is 0. The van der Waals surface area contributed by atoms with Gasteiger partial charge in [-0.15, -0.1) is 23.2 Å². The van der Waals surface area contributed by atoms with Crippen LogP contribution in [0, 0.1) is 5.92 Å². The van der Waals surface area contributed by atoms with E-state index in [4.69, 9.17) is 28.9 Å². The predicted molar refractivity (Wildman–Crippen MR) is 56.4 cm³/mol. The van der Waals surface area contributed by atoms with Crippen molar-refractivity contribution in [2.24, 2.45) is 11.7 Å². The summed E-state index contributed by atoms with van der Waals surface area (Å²) in [5.74, 6) is 0.528. The van der Waals surface area contributed by atoms with Crippen molar-refractivity contribution >= 4 is 23.2 Å². The van der Waals surface area contributed by atoms with E-state index < -0.39 is 0 Å². The van der Waals surface area contributed by atoms with Crippen LogP contribution in [-0.2, 0) is 0 Å². The minimum atomic E-state index is 0.0713. The zero-order valence-corrected chi connectivity index (χ0v) is 9.06. The first-order valence-corrected chi connectivity index (χ1v) is 5.84. The molecule has 1 heterocycles. The van der Waals surface area contributed by atoms with Crippen LogP contribution >= 0.6 is 23.2 Å². The van der Waals surface area contributed by atoms with Gasteiger partial charge in [-0.2, -0.15) is 0 Å². The van der Waals surface area contributed by atoms with Crippen LogP contribution in [0.4, 0.5) is 0 Å². The number of alkyl halides is 2. The highest BCUT2D eigenvalue weighted by Gasteiger charge is 2.41. The molecule has 2 nitrogen and oxygen atoms in total. The number of fused-ring (bicyclic) bond motifs is 1. The van der Waals surface area contributed by atoms with Crippen molar-refractivity contribution < 1.29 is 0 Å². The zero-order valence-electron chi connectivity index (χ0n) is 7.55. The minimum Gasteiger partial charge on any atom is -0.325 e. The maximum absolute atomic E-state index is 6.26. The first-order chi connectivity index (χ1) is 6.20. The number of nitrogens with one attached hydrogen (secondary N) is 1. The van der Waals surface area contributed by atoms with Gasteiger partial charge in [0.1, 0.15) is 0 Å². The predicted octanol–water partition coefficient (Wildman–Crippen LogP) is 1.30. The van der Waals surface area contributed by atoms with E-state index in [1.807, 2.05) is 0 Å². The van der Waals surface area contributed by atoms with E-state index in [2.05, 4.69) is 5.32 Å². The smallest absolute Gasteiger partial charge is 0.0502 e. The Hall–Kier alpha value is 0.500. The molecule has 0 radical (unpaired) electrons. The van der Waals surface area contributed by atoms with Crippen LogP contribution in [0.3, 0.4) is 0 Å². The van der Waals surface area contributed by atoms with Crippen molar-refractivity contribution in [3.63, 3.8) is 0 Å². The lowest BCUT2D eigenvalue weighted by Gasteiger charge is -2.44. The van der Waals surface area contributed by atoms with Gasteiger partial charge in [0.15, 0.2) is 0 Å². The molecule has 0 amide bonds. The summed E-state index contributed by atoms with van der Waals surface area (Å²) in [4.78, 5) is 0. The van der Waals surface area contributed by atoms with Crippen molar-refractivity contribution in [3.05, 3.63) is 0 Å². The highest BCUT2D eigenvalue weighted by molar-refractivity contribution is 6.22. The molecule has 1 saturated carbocycles. The van der Waals surface area contributed by atoms with Crippen LogP contribution in [0.5, 0.6) is 0 Å². The van der Waals surface area contributed by atoms with Crippen molar-refractivity contribution in [2.75, 3.05) is 6.54 Å². The highest BCUT2D eigenvalue weighted by atomic mass is 35.5. The molecule has 76 valence electrons. The summed E-state index contributed by atoms with van der Waals surface area (Å²) >= 11 is 12.4. The molecule has 0 aromatic rings. The van der Waals surface area contributed by atoms with Crippen LogP contribution in [-0.4, -0.2) is 29.4 Å². The molecule has 0 bridgehead atoms. The first kappa shape index (κ1) is 10.0. The largest absolute Gasteiger partial charge is 0.325 e. The maximum atomic E-state index is 6.26. The fourth-order valence-corrected chi connectivity index (χ4v) is 3.20. The Bertz CT molecular complexity index is 188. The molecule has 13 heavy (non-hydrogen) atoms. The fraction of sp³-hybridized carbons (Fsp3) is 1.00. The third kappa shape index (κ3) is 1.82. The summed E-state index contributed by atoms with van der Waals surface area (Å²) in [7, 11) is 0. The van der Waals surface area contributed by atoms with Gasteiger partial charge in [0.2, 0.25) is 0 Å². The Kier molecular flexibility index (Phi) is 3.04. The third-order valence-electron chi connectivity index (χ3n) is 3.33. The molecular formula is C9H16Cl2N2. The van der Waals surface area contributed by atoms with E-state index in [-0.39, 0.29) is 11.4 Å². The SMILES string of the molecule is NC1C(Cl)CCC2C(Cl)CCNC12. The molecule has 4 heteroatoms. The van der Waals surface area contributed by atoms with Crippen molar-refractivity contribution in [1.29, 1.82) is 0 Å². The molecule has 2 rings (SSSR count). The Morgan fingerprint density at radius 2 is 1.85 bits per heavy atom. The van der Waals surface area contributed by atoms with Crippen LogP contribution < -0.4 is 11.1 Å². The van der Waals surface area contributed by atoms with Gasteiger partial charge >= 0.3 is 0 Å². The van der Waals surface area contributed by atoms with Gasteiger partial charge in [0.05, 0.1) is 5.38 Å². The Morgan fingerprint density at radius 1 is 1.08 bits per heavy atom. The molecule has 0 spiro atoms. The molecule has 2 fully saturated rings. The average Bonchev–Trinajstić information content (AvgIpc) is 2.12. The summed E-state index contributed by atoms with van der Waals surface area (Å²) in [6.07, 6.45) is 3.19. The zero-order chi connectivity index (χ0) is 9.42. The number of hydrogen-bond donors (Lipinski definition) is 2. The van der Waals surface area contributed by atoms with Gasteiger partial charge in [0.25, 0.3) is 0 Å². The van der Waals surface area contributed by atoms with Gasteiger partial charge in [0, 0.05) is 17.5 Å². The molecule has 1 aliphatic carbocycles. The van der Waals surface area contributed by atoms with Crippen molar-refractivity contribution in [2.45, 2.75) is 42.1 Å². The molecule has 1 saturated heterocycles. The normalized spacial score (nSPS) is 51.5. The summed E-state index contributed by atoms with van der Waals surface area (Å²) in [5, 5.41) is 3.85.